The smallest absolute Gasteiger partial charge is 0.259 e. The van der Waals surface area contributed by atoms with Crippen molar-refractivity contribution < 1.29 is 4.79 Å². The van der Waals surface area contributed by atoms with Crippen LogP contribution < -0.4 is 0 Å². The zero-order valence-electron chi connectivity index (χ0n) is 3.40. The molecular formula is C3H2N3O. The molecular weight excluding hydrogens is 94.1 g/mol. The lowest BCUT2D eigenvalue weighted by Gasteiger charge is -1.71. The molecule has 0 N–H and O–H groups in total. The summed E-state index contributed by atoms with van der Waals surface area (Å²) >= 11 is 0. The zero-order valence-corrected chi connectivity index (χ0v) is 3.40. The highest BCUT2D eigenvalue weighted by Crippen LogP contribution is 1.65. The van der Waals surface area contributed by atoms with E-state index in [1.54, 1.807) is 0 Å². The molecule has 0 aliphatic heterocycles. The molecule has 0 aliphatic rings. The summed E-state index contributed by atoms with van der Waals surface area (Å²) in [5.74, 6) is 0. The summed E-state index contributed by atoms with van der Waals surface area (Å²) < 4.78 is 0. The number of nitrogens with zero attached hydrogens (tertiary/aromatic N) is 3. The fourth-order valence-electron chi connectivity index (χ4n) is 0.263. The molecule has 0 aromatic carbocycles. The van der Waals surface area contributed by atoms with Crippen LogP contribution in [0, 0.1) is 0 Å². The maximum atomic E-state index is 9.58. The van der Waals surface area contributed by atoms with E-state index in [9.17, 15) is 4.79 Å². The van der Waals surface area contributed by atoms with Gasteiger partial charge in [0, 0.05) is 0 Å². The van der Waals surface area contributed by atoms with Gasteiger partial charge in [-0.15, -0.1) is 4.80 Å². The molecule has 0 bridgehead atoms. The Morgan fingerprint density at radius 2 is 2.00 bits per heavy atom. The molecule has 0 amide bonds. The molecule has 0 unspecified atom stereocenters. The molecule has 0 atom stereocenters. The van der Waals surface area contributed by atoms with Crippen LogP contribution in [0.2, 0.25) is 0 Å². The lowest BCUT2D eigenvalue weighted by molar-refractivity contribution is 0.530. The summed E-state index contributed by atoms with van der Waals surface area (Å²) in [5, 5.41) is 6.83. The first-order chi connectivity index (χ1) is 3.43. The van der Waals surface area contributed by atoms with E-state index in [-0.39, 0.29) is 0 Å². The Balaban J connectivity index is 2.96. The van der Waals surface area contributed by atoms with E-state index >= 15 is 0 Å². The number of aromatic nitrogens is 3. The Labute approximate surface area is 39.8 Å². The molecule has 1 aromatic rings. The molecule has 1 aromatic heterocycles. The van der Waals surface area contributed by atoms with Gasteiger partial charge in [0.05, 0.1) is 12.4 Å². The van der Waals surface area contributed by atoms with E-state index in [0.717, 1.165) is 4.80 Å². The fraction of sp³-hybridized carbons (Fsp3) is 0. The molecule has 1 radical (unpaired) electrons. The molecule has 0 saturated heterocycles. The third-order valence-corrected chi connectivity index (χ3v) is 0.500. The third-order valence-electron chi connectivity index (χ3n) is 0.500. The summed E-state index contributed by atoms with van der Waals surface area (Å²) in [6, 6.07) is 0. The minimum atomic E-state index is 0.819. The molecule has 4 nitrogen and oxygen atoms in total. The van der Waals surface area contributed by atoms with Crippen LogP contribution in [0.5, 0.6) is 0 Å². The van der Waals surface area contributed by atoms with Gasteiger partial charge in [0.15, 0.2) is 0 Å². The van der Waals surface area contributed by atoms with Gasteiger partial charge in [-0.3, -0.25) is 4.79 Å². The van der Waals surface area contributed by atoms with E-state index in [0.29, 0.717) is 0 Å². The largest absolute Gasteiger partial charge is 0.357 e. The number of hydrogen-bond acceptors (Lipinski definition) is 3. The number of rotatable bonds is 1. The molecule has 7 heavy (non-hydrogen) atoms. The van der Waals surface area contributed by atoms with Crippen LogP contribution in [-0.2, 0) is 4.79 Å². The topological polar surface area (TPSA) is 47.8 Å². The fourth-order valence-corrected chi connectivity index (χ4v) is 0.263. The van der Waals surface area contributed by atoms with Crippen molar-refractivity contribution in [1.29, 1.82) is 0 Å². The van der Waals surface area contributed by atoms with Crippen molar-refractivity contribution in [1.82, 2.24) is 15.0 Å². The van der Waals surface area contributed by atoms with Crippen molar-refractivity contribution in [2.45, 2.75) is 0 Å². The summed E-state index contributed by atoms with van der Waals surface area (Å²) in [4.78, 5) is 10.4. The van der Waals surface area contributed by atoms with Crippen LogP contribution in [-0.4, -0.2) is 21.4 Å². The van der Waals surface area contributed by atoms with E-state index in [4.69, 9.17) is 0 Å². The Kier molecular flexibility index (Phi) is 0.856. The number of hydrogen-bond donors (Lipinski definition) is 0. The molecule has 1 heterocycles. The van der Waals surface area contributed by atoms with Crippen LogP contribution in [0.15, 0.2) is 12.4 Å². The zero-order chi connectivity index (χ0) is 5.11. The predicted molar refractivity (Wildman–Crippen MR) is 21.1 cm³/mol. The second-order valence-electron chi connectivity index (χ2n) is 0.910. The van der Waals surface area contributed by atoms with Gasteiger partial charge in [-0.2, -0.15) is 10.2 Å². The summed E-state index contributed by atoms with van der Waals surface area (Å²) in [6.45, 7) is 0. The van der Waals surface area contributed by atoms with Crippen molar-refractivity contribution in [3.05, 3.63) is 12.4 Å². The van der Waals surface area contributed by atoms with Crippen LogP contribution in [0.4, 0.5) is 0 Å². The average Bonchev–Trinajstić information content (AvgIpc) is 2.14. The van der Waals surface area contributed by atoms with Crippen LogP contribution in [0.3, 0.4) is 0 Å². The third kappa shape index (κ3) is 0.623. The first-order valence-corrected chi connectivity index (χ1v) is 1.68. The highest BCUT2D eigenvalue weighted by molar-refractivity contribution is 5.47. The minimum Gasteiger partial charge on any atom is -0.259 e. The van der Waals surface area contributed by atoms with Gasteiger partial charge < -0.3 is 0 Å². The van der Waals surface area contributed by atoms with Gasteiger partial charge in [0.25, 0.3) is 0 Å². The quantitative estimate of drug-likeness (QED) is 0.459. The molecule has 0 aliphatic carbocycles. The van der Waals surface area contributed by atoms with Crippen LogP contribution in [0.1, 0.15) is 0 Å². The van der Waals surface area contributed by atoms with Gasteiger partial charge in [0.2, 0.25) is 0 Å². The standard InChI is InChI=1S/C3H2N3O/c7-3-6-4-1-2-5-6/h1-2H. The SMILES string of the molecule is O=[C]n1nccn1. The lowest BCUT2D eigenvalue weighted by atomic mass is 11.0. The van der Waals surface area contributed by atoms with E-state index in [2.05, 4.69) is 10.2 Å². The number of carbonyl (C=O) groups excluding carboxylic acids is 1. The molecule has 4 heteroatoms. The summed E-state index contributed by atoms with van der Waals surface area (Å²) in [6.07, 6.45) is 4.27. The molecule has 1 rings (SSSR count). The highest BCUT2D eigenvalue weighted by Gasteiger charge is 1.81. The van der Waals surface area contributed by atoms with E-state index < -0.39 is 0 Å². The molecule has 0 saturated carbocycles. The van der Waals surface area contributed by atoms with Crippen molar-refractivity contribution >= 4 is 6.41 Å². The van der Waals surface area contributed by atoms with Gasteiger partial charge >= 0.3 is 6.41 Å². The summed E-state index contributed by atoms with van der Waals surface area (Å²) in [5.41, 5.74) is 0. The maximum absolute atomic E-state index is 9.58. The first kappa shape index (κ1) is 3.98. The molecule has 0 fully saturated rings. The highest BCUT2D eigenvalue weighted by atomic mass is 16.1. The average molecular weight is 96.1 g/mol. The normalized spacial score (nSPS) is 8.57. The van der Waals surface area contributed by atoms with Crippen molar-refractivity contribution in [3.8, 4) is 0 Å². The van der Waals surface area contributed by atoms with E-state index in [1.165, 1.54) is 18.8 Å². The van der Waals surface area contributed by atoms with Gasteiger partial charge in [0.1, 0.15) is 0 Å². The maximum Gasteiger partial charge on any atom is 0.357 e. The van der Waals surface area contributed by atoms with Crippen LogP contribution >= 0.6 is 0 Å². The van der Waals surface area contributed by atoms with Crippen molar-refractivity contribution in [3.63, 3.8) is 0 Å². The van der Waals surface area contributed by atoms with E-state index in [1.807, 2.05) is 0 Å². The Hall–Kier alpha value is -1.19. The van der Waals surface area contributed by atoms with Crippen LogP contribution in [0.25, 0.3) is 0 Å². The Morgan fingerprint density at radius 3 is 2.29 bits per heavy atom. The molecule has 35 valence electrons. The lowest BCUT2D eigenvalue weighted by Crippen LogP contribution is -1.97. The second kappa shape index (κ2) is 1.51. The predicted octanol–water partition coefficient (Wildman–Crippen LogP) is -0.807. The monoisotopic (exact) mass is 96.0 g/mol. The Bertz CT molecular complexity index is 145. The van der Waals surface area contributed by atoms with Gasteiger partial charge in [-0.05, 0) is 0 Å². The summed E-state index contributed by atoms with van der Waals surface area (Å²) in [7, 11) is 0. The van der Waals surface area contributed by atoms with Gasteiger partial charge in [-0.25, -0.2) is 0 Å². The Morgan fingerprint density at radius 1 is 1.43 bits per heavy atom. The first-order valence-electron chi connectivity index (χ1n) is 1.68. The van der Waals surface area contributed by atoms with Gasteiger partial charge in [-0.1, -0.05) is 0 Å². The minimum absolute atomic E-state index is 0.819. The second-order valence-corrected chi connectivity index (χ2v) is 0.910. The van der Waals surface area contributed by atoms with Crippen molar-refractivity contribution in [2.75, 3.05) is 0 Å². The van der Waals surface area contributed by atoms with Crippen molar-refractivity contribution in [2.24, 2.45) is 0 Å². The molecule has 0 spiro atoms.